The van der Waals surface area contributed by atoms with Gasteiger partial charge >= 0.3 is 6.03 Å². The number of amides is 2. The van der Waals surface area contributed by atoms with Crippen molar-refractivity contribution >= 4 is 6.03 Å². The standard InChI is InChI=1S/C13H23FN2O3/c1-13(18-8-9-19-13)11-4-2-7-16(10-11)12(17)15-6-3-5-14/h11H,2-10H2,1H3,(H,15,17)/t11-/m0/s1. The van der Waals surface area contributed by atoms with Gasteiger partial charge in [-0.15, -0.1) is 0 Å². The Balaban J connectivity index is 1.84. The zero-order chi connectivity index (χ0) is 13.7. The Morgan fingerprint density at radius 3 is 2.89 bits per heavy atom. The first kappa shape index (κ1) is 14.5. The fraction of sp³-hybridized carbons (Fsp3) is 0.923. The van der Waals surface area contributed by atoms with Gasteiger partial charge in [-0.25, -0.2) is 4.79 Å². The molecule has 5 nitrogen and oxygen atoms in total. The third-order valence-corrected chi connectivity index (χ3v) is 3.90. The number of halogens is 1. The molecule has 0 aromatic heterocycles. The molecule has 0 saturated carbocycles. The van der Waals surface area contributed by atoms with Crippen LogP contribution < -0.4 is 5.32 Å². The number of likely N-dealkylation sites (tertiary alicyclic amines) is 1. The van der Waals surface area contributed by atoms with Crippen molar-refractivity contribution in [2.45, 2.75) is 32.0 Å². The van der Waals surface area contributed by atoms with Gasteiger partial charge in [0.15, 0.2) is 5.79 Å². The summed E-state index contributed by atoms with van der Waals surface area (Å²) in [5.41, 5.74) is 0. The number of rotatable bonds is 4. The van der Waals surface area contributed by atoms with Gasteiger partial charge in [0.2, 0.25) is 0 Å². The van der Waals surface area contributed by atoms with Crippen molar-refractivity contribution in [1.82, 2.24) is 10.2 Å². The molecule has 19 heavy (non-hydrogen) atoms. The number of nitrogens with zero attached hydrogens (tertiary/aromatic N) is 1. The van der Waals surface area contributed by atoms with Gasteiger partial charge in [-0.05, 0) is 26.2 Å². The average Bonchev–Trinajstić information content (AvgIpc) is 2.87. The molecule has 0 bridgehead atoms. The number of urea groups is 1. The zero-order valence-electron chi connectivity index (χ0n) is 11.5. The van der Waals surface area contributed by atoms with Crippen LogP contribution in [-0.2, 0) is 9.47 Å². The molecule has 1 N–H and O–H groups in total. The van der Waals surface area contributed by atoms with Gasteiger partial charge in [0.05, 0.1) is 19.9 Å². The van der Waals surface area contributed by atoms with E-state index in [2.05, 4.69) is 5.32 Å². The third-order valence-electron chi connectivity index (χ3n) is 3.90. The fourth-order valence-corrected chi connectivity index (χ4v) is 2.73. The maximum Gasteiger partial charge on any atom is 0.317 e. The number of hydrogen-bond donors (Lipinski definition) is 1. The van der Waals surface area contributed by atoms with E-state index in [9.17, 15) is 9.18 Å². The fourth-order valence-electron chi connectivity index (χ4n) is 2.73. The van der Waals surface area contributed by atoms with E-state index in [-0.39, 0.29) is 11.9 Å². The van der Waals surface area contributed by atoms with Crippen LogP contribution in [0.3, 0.4) is 0 Å². The lowest BCUT2D eigenvalue weighted by Gasteiger charge is -2.39. The van der Waals surface area contributed by atoms with E-state index in [0.717, 1.165) is 19.4 Å². The van der Waals surface area contributed by atoms with E-state index < -0.39 is 12.5 Å². The smallest absolute Gasteiger partial charge is 0.317 e. The van der Waals surface area contributed by atoms with Crippen LogP contribution in [0.2, 0.25) is 0 Å². The average molecular weight is 274 g/mol. The summed E-state index contributed by atoms with van der Waals surface area (Å²) in [5.74, 6) is -0.353. The van der Waals surface area contributed by atoms with E-state index >= 15 is 0 Å². The highest BCUT2D eigenvalue weighted by molar-refractivity contribution is 5.74. The van der Waals surface area contributed by atoms with E-state index in [1.54, 1.807) is 4.90 Å². The first-order valence-corrected chi connectivity index (χ1v) is 7.02. The molecule has 0 aromatic rings. The Morgan fingerprint density at radius 1 is 1.47 bits per heavy atom. The first-order valence-electron chi connectivity index (χ1n) is 7.02. The predicted molar refractivity (Wildman–Crippen MR) is 68.6 cm³/mol. The lowest BCUT2D eigenvalue weighted by molar-refractivity contribution is -0.189. The molecule has 1 atom stereocenters. The largest absolute Gasteiger partial charge is 0.347 e. The molecule has 6 heteroatoms. The Kier molecular flexibility index (Phi) is 4.99. The molecular weight excluding hydrogens is 251 g/mol. The molecule has 110 valence electrons. The van der Waals surface area contributed by atoms with Crippen molar-refractivity contribution in [3.05, 3.63) is 0 Å². The quantitative estimate of drug-likeness (QED) is 0.791. The van der Waals surface area contributed by atoms with E-state index in [4.69, 9.17) is 9.47 Å². The van der Waals surface area contributed by atoms with Gasteiger partial charge in [-0.1, -0.05) is 0 Å². The van der Waals surface area contributed by atoms with Crippen LogP contribution >= 0.6 is 0 Å². The molecule has 0 unspecified atom stereocenters. The molecule has 2 saturated heterocycles. The van der Waals surface area contributed by atoms with Gasteiger partial charge in [0.1, 0.15) is 0 Å². The Bertz CT molecular complexity index is 308. The summed E-state index contributed by atoms with van der Waals surface area (Å²) >= 11 is 0. The Morgan fingerprint density at radius 2 is 2.21 bits per heavy atom. The van der Waals surface area contributed by atoms with Crippen LogP contribution in [0.15, 0.2) is 0 Å². The highest BCUT2D eigenvalue weighted by atomic mass is 19.1. The molecular formula is C13H23FN2O3. The van der Waals surface area contributed by atoms with E-state index in [1.165, 1.54) is 0 Å². The minimum Gasteiger partial charge on any atom is -0.347 e. The van der Waals surface area contributed by atoms with Crippen molar-refractivity contribution in [3.63, 3.8) is 0 Å². The molecule has 0 radical (unpaired) electrons. The zero-order valence-corrected chi connectivity index (χ0v) is 11.5. The summed E-state index contributed by atoms with van der Waals surface area (Å²) in [6, 6.07) is -0.111. The first-order chi connectivity index (χ1) is 9.15. The molecule has 0 aliphatic carbocycles. The molecule has 2 fully saturated rings. The van der Waals surface area contributed by atoms with Crippen molar-refractivity contribution in [2.75, 3.05) is 39.5 Å². The molecule has 2 aliphatic rings. The number of carbonyl (C=O) groups is 1. The second-order valence-electron chi connectivity index (χ2n) is 5.27. The summed E-state index contributed by atoms with van der Waals surface area (Å²) in [7, 11) is 0. The van der Waals surface area contributed by atoms with Crippen LogP contribution in [0.5, 0.6) is 0 Å². The summed E-state index contributed by atoms with van der Waals surface area (Å²) in [4.78, 5) is 13.7. The summed E-state index contributed by atoms with van der Waals surface area (Å²) in [5, 5.41) is 2.74. The molecule has 0 spiro atoms. The normalized spacial score (nSPS) is 26.4. The number of ether oxygens (including phenoxy) is 2. The summed E-state index contributed by atoms with van der Waals surface area (Å²) in [6.07, 6.45) is 2.32. The maximum atomic E-state index is 12.0. The summed E-state index contributed by atoms with van der Waals surface area (Å²) in [6.45, 7) is 4.57. The minimum absolute atomic E-state index is 0.111. The van der Waals surface area contributed by atoms with Gasteiger partial charge in [0, 0.05) is 25.6 Å². The van der Waals surface area contributed by atoms with Gasteiger partial charge in [-0.3, -0.25) is 4.39 Å². The maximum absolute atomic E-state index is 12.0. The molecule has 2 aliphatic heterocycles. The summed E-state index contributed by atoms with van der Waals surface area (Å²) < 4.78 is 23.4. The molecule has 2 heterocycles. The number of piperidine rings is 1. The van der Waals surface area contributed by atoms with Gasteiger partial charge in [0.25, 0.3) is 0 Å². The van der Waals surface area contributed by atoms with Crippen molar-refractivity contribution in [3.8, 4) is 0 Å². The Hall–Kier alpha value is -0.880. The molecule has 2 amide bonds. The van der Waals surface area contributed by atoms with Crippen LogP contribution in [0.1, 0.15) is 26.2 Å². The van der Waals surface area contributed by atoms with Gasteiger partial charge < -0.3 is 19.7 Å². The number of hydrogen-bond acceptors (Lipinski definition) is 3. The van der Waals surface area contributed by atoms with Crippen LogP contribution in [0, 0.1) is 5.92 Å². The lowest BCUT2D eigenvalue weighted by atomic mass is 9.90. The van der Waals surface area contributed by atoms with E-state index in [1.807, 2.05) is 6.92 Å². The molecule has 0 aromatic carbocycles. The van der Waals surface area contributed by atoms with E-state index in [0.29, 0.717) is 32.7 Å². The van der Waals surface area contributed by atoms with Crippen LogP contribution in [-0.4, -0.2) is 56.2 Å². The van der Waals surface area contributed by atoms with Crippen molar-refractivity contribution < 1.29 is 18.7 Å². The van der Waals surface area contributed by atoms with Crippen LogP contribution in [0.4, 0.5) is 9.18 Å². The number of alkyl halides is 1. The molecule has 2 rings (SSSR count). The topological polar surface area (TPSA) is 50.8 Å². The number of carbonyl (C=O) groups excluding carboxylic acids is 1. The monoisotopic (exact) mass is 274 g/mol. The van der Waals surface area contributed by atoms with Crippen molar-refractivity contribution in [2.24, 2.45) is 5.92 Å². The minimum atomic E-state index is -0.558. The second kappa shape index (κ2) is 6.52. The van der Waals surface area contributed by atoms with Gasteiger partial charge in [-0.2, -0.15) is 0 Å². The van der Waals surface area contributed by atoms with Crippen molar-refractivity contribution in [1.29, 1.82) is 0 Å². The second-order valence-corrected chi connectivity index (χ2v) is 5.27. The highest BCUT2D eigenvalue weighted by Gasteiger charge is 2.42. The predicted octanol–water partition coefficient (Wildman–Crippen LogP) is 1.53. The third kappa shape index (κ3) is 3.57. The number of nitrogens with one attached hydrogen (secondary N) is 1. The SMILES string of the molecule is CC1([C@H]2CCCN(C(=O)NCCCF)C2)OCCO1. The van der Waals surface area contributed by atoms with Crippen LogP contribution in [0.25, 0.3) is 0 Å². The Labute approximate surface area is 113 Å². The highest BCUT2D eigenvalue weighted by Crippen LogP contribution is 2.33. The lowest BCUT2D eigenvalue weighted by Crippen LogP contribution is -2.51.